The third-order valence-electron chi connectivity index (χ3n) is 3.26. The summed E-state index contributed by atoms with van der Waals surface area (Å²) in [4.78, 5) is 21.4. The molecule has 0 N–H and O–H groups in total. The van der Waals surface area contributed by atoms with E-state index in [1.807, 2.05) is 24.3 Å². The Kier molecular flexibility index (Phi) is 2.23. The van der Waals surface area contributed by atoms with Crippen LogP contribution >= 0.6 is 0 Å². The standard InChI is InChI=1S/C14H8NO3/c16-8-13-12-7-9-3-1-2-4-10(9)11(12)5-6-14(13)15(17)18/h1-6H,7H2. The van der Waals surface area contributed by atoms with Gasteiger partial charge in [0.15, 0.2) is 0 Å². The minimum Gasteiger partial charge on any atom is -0.285 e. The van der Waals surface area contributed by atoms with E-state index < -0.39 is 4.92 Å². The van der Waals surface area contributed by atoms with Crippen molar-refractivity contribution in [1.29, 1.82) is 0 Å². The summed E-state index contributed by atoms with van der Waals surface area (Å²) in [6, 6.07) is 10.8. The SMILES string of the molecule is O=[C]c1c([N+](=O)[O-])ccc2c1Cc1ccccc1-2. The second-order valence-corrected chi connectivity index (χ2v) is 4.18. The lowest BCUT2D eigenvalue weighted by molar-refractivity contribution is -0.385. The molecule has 4 heteroatoms. The summed E-state index contributed by atoms with van der Waals surface area (Å²) in [7, 11) is 0. The maximum Gasteiger partial charge on any atom is 0.281 e. The molecular weight excluding hydrogens is 230 g/mol. The molecule has 1 aliphatic rings. The zero-order valence-corrected chi connectivity index (χ0v) is 9.34. The van der Waals surface area contributed by atoms with Gasteiger partial charge in [-0.15, -0.1) is 0 Å². The van der Waals surface area contributed by atoms with Gasteiger partial charge in [0.05, 0.1) is 4.92 Å². The summed E-state index contributed by atoms with van der Waals surface area (Å²) in [5.41, 5.74) is 3.64. The monoisotopic (exact) mass is 238 g/mol. The molecule has 2 aromatic rings. The quantitative estimate of drug-likeness (QED) is 0.509. The van der Waals surface area contributed by atoms with Gasteiger partial charge in [0, 0.05) is 6.07 Å². The van der Waals surface area contributed by atoms with Crippen LogP contribution in [0, 0.1) is 10.1 Å². The first kappa shape index (κ1) is 10.7. The Morgan fingerprint density at radius 3 is 2.61 bits per heavy atom. The first-order valence-electron chi connectivity index (χ1n) is 5.49. The summed E-state index contributed by atoms with van der Waals surface area (Å²) in [5.74, 6) is 0. The van der Waals surface area contributed by atoms with Gasteiger partial charge >= 0.3 is 0 Å². The smallest absolute Gasteiger partial charge is 0.281 e. The molecule has 0 bridgehead atoms. The molecule has 0 saturated heterocycles. The highest BCUT2D eigenvalue weighted by atomic mass is 16.6. The van der Waals surface area contributed by atoms with E-state index in [-0.39, 0.29) is 11.3 Å². The Morgan fingerprint density at radius 2 is 1.89 bits per heavy atom. The van der Waals surface area contributed by atoms with Gasteiger partial charge in [-0.3, -0.25) is 14.9 Å². The number of hydrogen-bond acceptors (Lipinski definition) is 3. The third kappa shape index (κ3) is 1.35. The van der Waals surface area contributed by atoms with Crippen LogP contribution in [0.5, 0.6) is 0 Å². The van der Waals surface area contributed by atoms with Crippen molar-refractivity contribution in [2.75, 3.05) is 0 Å². The van der Waals surface area contributed by atoms with Crippen molar-refractivity contribution in [3.05, 3.63) is 63.2 Å². The van der Waals surface area contributed by atoms with Gasteiger partial charge < -0.3 is 0 Å². The number of nitro groups is 1. The first-order chi connectivity index (χ1) is 8.72. The Balaban J connectivity index is 2.29. The second kappa shape index (κ2) is 3.77. The average Bonchev–Trinajstić information content (AvgIpc) is 2.75. The molecule has 1 radical (unpaired) electrons. The van der Waals surface area contributed by atoms with Crippen LogP contribution in [0.25, 0.3) is 11.1 Å². The van der Waals surface area contributed by atoms with E-state index in [1.165, 1.54) is 6.07 Å². The lowest BCUT2D eigenvalue weighted by Gasteiger charge is -2.03. The van der Waals surface area contributed by atoms with Gasteiger partial charge in [-0.2, -0.15) is 0 Å². The van der Waals surface area contributed by atoms with Gasteiger partial charge in [0.25, 0.3) is 5.69 Å². The zero-order valence-electron chi connectivity index (χ0n) is 9.34. The molecule has 0 amide bonds. The Bertz CT molecular complexity index is 677. The minimum absolute atomic E-state index is 0.0775. The van der Waals surface area contributed by atoms with Crippen LogP contribution in [0.1, 0.15) is 16.7 Å². The predicted molar refractivity (Wildman–Crippen MR) is 66.1 cm³/mol. The number of hydrogen-bond donors (Lipinski definition) is 0. The van der Waals surface area contributed by atoms with Crippen LogP contribution < -0.4 is 0 Å². The molecular formula is C14H8NO3. The number of nitrogens with zero attached hydrogens (tertiary/aromatic N) is 1. The van der Waals surface area contributed by atoms with Gasteiger partial charge in [-0.05, 0) is 34.7 Å². The molecule has 0 aliphatic heterocycles. The summed E-state index contributed by atoms with van der Waals surface area (Å²) < 4.78 is 0. The maximum atomic E-state index is 11.0. The normalized spacial score (nSPS) is 11.8. The molecule has 0 heterocycles. The Morgan fingerprint density at radius 1 is 1.11 bits per heavy atom. The number of fused-ring (bicyclic) bond motifs is 3. The van der Waals surface area contributed by atoms with Crippen LogP contribution in [0.4, 0.5) is 5.69 Å². The molecule has 18 heavy (non-hydrogen) atoms. The maximum absolute atomic E-state index is 11.0. The van der Waals surface area contributed by atoms with E-state index >= 15 is 0 Å². The van der Waals surface area contributed by atoms with Crippen molar-refractivity contribution < 1.29 is 9.72 Å². The topological polar surface area (TPSA) is 60.2 Å². The van der Waals surface area contributed by atoms with Crippen molar-refractivity contribution >= 4 is 12.0 Å². The van der Waals surface area contributed by atoms with Crippen LogP contribution in [0.15, 0.2) is 36.4 Å². The van der Waals surface area contributed by atoms with Crippen molar-refractivity contribution in [1.82, 2.24) is 0 Å². The lowest BCUT2D eigenvalue weighted by atomic mass is 10.0. The molecule has 3 rings (SSSR count). The van der Waals surface area contributed by atoms with Crippen LogP contribution in [0.2, 0.25) is 0 Å². The van der Waals surface area contributed by atoms with E-state index in [0.29, 0.717) is 12.0 Å². The highest BCUT2D eigenvalue weighted by Gasteiger charge is 2.26. The van der Waals surface area contributed by atoms with Gasteiger partial charge in [-0.25, -0.2) is 0 Å². The van der Waals surface area contributed by atoms with E-state index in [0.717, 1.165) is 16.7 Å². The van der Waals surface area contributed by atoms with E-state index in [1.54, 1.807) is 12.4 Å². The van der Waals surface area contributed by atoms with E-state index in [4.69, 9.17) is 0 Å². The summed E-state index contributed by atoms with van der Waals surface area (Å²) in [5, 5.41) is 10.9. The fraction of sp³-hybridized carbons (Fsp3) is 0.0714. The van der Waals surface area contributed by atoms with Crippen LogP contribution in [-0.2, 0) is 11.2 Å². The van der Waals surface area contributed by atoms with Gasteiger partial charge in [0.2, 0.25) is 6.29 Å². The number of nitro benzene ring substituents is 1. The lowest BCUT2D eigenvalue weighted by Crippen LogP contribution is -1.99. The number of carbonyl (C=O) groups excluding carboxylic acids is 1. The van der Waals surface area contributed by atoms with Gasteiger partial charge in [0.1, 0.15) is 5.56 Å². The highest BCUT2D eigenvalue weighted by molar-refractivity contribution is 5.91. The Hall–Kier alpha value is -2.49. The number of rotatable bonds is 2. The summed E-state index contributed by atoms with van der Waals surface area (Å²) >= 11 is 0. The summed E-state index contributed by atoms with van der Waals surface area (Å²) in [6.45, 7) is 0. The van der Waals surface area contributed by atoms with Crippen molar-refractivity contribution in [2.45, 2.75) is 6.42 Å². The fourth-order valence-electron chi connectivity index (χ4n) is 2.47. The molecule has 0 spiro atoms. The van der Waals surface area contributed by atoms with E-state index in [2.05, 4.69) is 0 Å². The summed E-state index contributed by atoms with van der Waals surface area (Å²) in [6.07, 6.45) is 2.27. The van der Waals surface area contributed by atoms with Crippen molar-refractivity contribution in [3.8, 4) is 11.1 Å². The first-order valence-corrected chi connectivity index (χ1v) is 5.49. The third-order valence-corrected chi connectivity index (χ3v) is 3.26. The minimum atomic E-state index is -0.538. The highest BCUT2D eigenvalue weighted by Crippen LogP contribution is 2.40. The van der Waals surface area contributed by atoms with Crippen molar-refractivity contribution in [2.24, 2.45) is 0 Å². The number of benzene rings is 2. The molecule has 0 unspecified atom stereocenters. The fourth-order valence-corrected chi connectivity index (χ4v) is 2.47. The van der Waals surface area contributed by atoms with E-state index in [9.17, 15) is 14.9 Å². The van der Waals surface area contributed by atoms with Crippen molar-refractivity contribution in [3.63, 3.8) is 0 Å². The van der Waals surface area contributed by atoms with Crippen LogP contribution in [0.3, 0.4) is 0 Å². The molecule has 0 saturated carbocycles. The zero-order chi connectivity index (χ0) is 12.7. The molecule has 0 aromatic heterocycles. The molecule has 4 nitrogen and oxygen atoms in total. The predicted octanol–water partition coefficient (Wildman–Crippen LogP) is 2.62. The Labute approximate surface area is 103 Å². The molecule has 87 valence electrons. The van der Waals surface area contributed by atoms with Crippen LogP contribution in [-0.4, -0.2) is 11.2 Å². The second-order valence-electron chi connectivity index (χ2n) is 4.18. The molecule has 1 aliphatic carbocycles. The molecule has 0 atom stereocenters. The van der Waals surface area contributed by atoms with Gasteiger partial charge in [-0.1, -0.05) is 24.3 Å². The molecule has 2 aromatic carbocycles. The largest absolute Gasteiger partial charge is 0.285 e. The molecule has 0 fully saturated rings. The average molecular weight is 238 g/mol.